The number of nitrogens with zero attached hydrogens (tertiary/aromatic N) is 1. The number of aliphatic hydroxyl groups is 1. The Morgan fingerprint density at radius 3 is 2.15 bits per heavy atom. The lowest BCUT2D eigenvalue weighted by molar-refractivity contribution is -0.142. The molecule has 1 rings (SSSR count). The zero-order valence-electron chi connectivity index (χ0n) is 18.5. The summed E-state index contributed by atoms with van der Waals surface area (Å²) in [5.74, 6) is -5.01. The van der Waals surface area contributed by atoms with Gasteiger partial charge in [0.2, 0.25) is 23.6 Å². The number of primary amides is 1. The Labute approximate surface area is 195 Å². The van der Waals surface area contributed by atoms with Crippen LogP contribution in [0, 0.1) is 0 Å². The second-order valence-corrected chi connectivity index (χ2v) is 7.55. The number of aliphatic carboxylic acids is 1. The number of carboxylic acid groups (broad SMARTS) is 1. The highest BCUT2D eigenvalue weighted by molar-refractivity contribution is 5.96. The van der Waals surface area contributed by atoms with Crippen molar-refractivity contribution < 1.29 is 34.2 Å². The highest BCUT2D eigenvalue weighted by Crippen LogP contribution is 2.03. The molecule has 34 heavy (non-hydrogen) atoms. The fourth-order valence-electron chi connectivity index (χ4n) is 2.88. The number of carboxylic acids is 1. The van der Waals surface area contributed by atoms with Gasteiger partial charge in [0, 0.05) is 18.3 Å². The molecule has 0 bridgehead atoms. The Morgan fingerprint density at radius 2 is 1.62 bits per heavy atom. The summed E-state index contributed by atoms with van der Waals surface area (Å²) < 4.78 is 0. The molecule has 0 radical (unpaired) electrons. The number of nitrogens with two attached hydrogens (primary N) is 3. The van der Waals surface area contributed by atoms with Gasteiger partial charge in [0.05, 0.1) is 25.4 Å². The van der Waals surface area contributed by atoms with Crippen molar-refractivity contribution in [2.45, 2.75) is 56.3 Å². The van der Waals surface area contributed by atoms with Crippen molar-refractivity contribution in [1.29, 1.82) is 0 Å². The van der Waals surface area contributed by atoms with Gasteiger partial charge in [-0.3, -0.25) is 19.2 Å². The maximum absolute atomic E-state index is 12.6. The number of amides is 4. The first-order valence-electron chi connectivity index (χ1n) is 10.5. The van der Waals surface area contributed by atoms with Crippen LogP contribution in [0.25, 0.3) is 0 Å². The van der Waals surface area contributed by atoms with Crippen LogP contribution in [-0.2, 0) is 30.4 Å². The molecule has 1 aromatic rings. The van der Waals surface area contributed by atoms with Crippen molar-refractivity contribution in [1.82, 2.24) is 25.9 Å². The number of rotatable bonds is 16. The average molecular weight is 485 g/mol. The van der Waals surface area contributed by atoms with Crippen LogP contribution in [0.1, 0.15) is 31.4 Å². The van der Waals surface area contributed by atoms with Crippen molar-refractivity contribution >= 4 is 29.6 Å². The van der Waals surface area contributed by atoms with Crippen LogP contribution in [0.5, 0.6) is 0 Å². The molecule has 4 atom stereocenters. The van der Waals surface area contributed by atoms with E-state index in [1.807, 2.05) is 0 Å². The van der Waals surface area contributed by atoms with E-state index in [0.717, 1.165) is 0 Å². The Bertz CT molecular complexity index is 833. The van der Waals surface area contributed by atoms with E-state index in [2.05, 4.69) is 25.9 Å². The zero-order chi connectivity index (χ0) is 25.7. The van der Waals surface area contributed by atoms with Crippen LogP contribution in [-0.4, -0.2) is 87.1 Å². The fraction of sp³-hybridized carbons (Fsp3) is 0.579. The number of nitrogens with one attached hydrogen (secondary N) is 4. The molecule has 4 unspecified atom stereocenters. The molecule has 0 saturated heterocycles. The minimum atomic E-state index is -1.56. The second-order valence-electron chi connectivity index (χ2n) is 7.55. The van der Waals surface area contributed by atoms with Gasteiger partial charge in [-0.1, -0.05) is 6.42 Å². The number of carbonyl (C=O) groups is 5. The largest absolute Gasteiger partial charge is 0.480 e. The van der Waals surface area contributed by atoms with Crippen molar-refractivity contribution in [3.63, 3.8) is 0 Å². The lowest BCUT2D eigenvalue weighted by atomic mass is 10.1. The third-order valence-corrected chi connectivity index (χ3v) is 4.75. The first-order valence-corrected chi connectivity index (χ1v) is 10.5. The quantitative estimate of drug-likeness (QED) is 0.102. The number of unbranched alkanes of at least 4 members (excludes halogenated alkanes) is 1. The molecule has 15 nitrogen and oxygen atoms in total. The number of hydrogen-bond acceptors (Lipinski definition) is 9. The smallest absolute Gasteiger partial charge is 0.326 e. The molecule has 0 aliphatic carbocycles. The normalized spacial score (nSPS) is 14.3. The Hall–Kier alpha value is -3.56. The number of aliphatic hydroxyl groups excluding tert-OH is 1. The highest BCUT2D eigenvalue weighted by atomic mass is 16.4. The lowest BCUT2D eigenvalue weighted by Crippen LogP contribution is -2.58. The summed E-state index contributed by atoms with van der Waals surface area (Å²) in [5, 5.41) is 25.6. The minimum absolute atomic E-state index is 0.143. The van der Waals surface area contributed by atoms with Gasteiger partial charge in [-0.15, -0.1) is 0 Å². The molecule has 190 valence electrons. The minimum Gasteiger partial charge on any atom is -0.480 e. The Morgan fingerprint density at radius 1 is 1.00 bits per heavy atom. The van der Waals surface area contributed by atoms with Crippen LogP contribution in [0.3, 0.4) is 0 Å². The fourth-order valence-corrected chi connectivity index (χ4v) is 2.88. The summed E-state index contributed by atoms with van der Waals surface area (Å²) in [4.78, 5) is 66.8. The first kappa shape index (κ1) is 28.5. The van der Waals surface area contributed by atoms with Crippen LogP contribution >= 0.6 is 0 Å². The van der Waals surface area contributed by atoms with Crippen LogP contribution in [0.2, 0.25) is 0 Å². The topological polar surface area (TPSA) is 269 Å². The van der Waals surface area contributed by atoms with Gasteiger partial charge in [-0.05, 0) is 19.4 Å². The van der Waals surface area contributed by atoms with E-state index in [1.165, 1.54) is 12.5 Å². The van der Waals surface area contributed by atoms with Gasteiger partial charge in [0.1, 0.15) is 18.1 Å². The Kier molecular flexibility index (Phi) is 12.2. The maximum Gasteiger partial charge on any atom is 0.326 e. The van der Waals surface area contributed by atoms with E-state index in [1.54, 1.807) is 0 Å². The summed E-state index contributed by atoms with van der Waals surface area (Å²) in [7, 11) is 0. The summed E-state index contributed by atoms with van der Waals surface area (Å²) in [5.41, 5.74) is 16.7. The summed E-state index contributed by atoms with van der Waals surface area (Å²) in [6.07, 6.45) is 3.47. The summed E-state index contributed by atoms with van der Waals surface area (Å²) in [6, 6.07) is -5.38. The summed E-state index contributed by atoms with van der Waals surface area (Å²) in [6.45, 7) is -0.389. The van der Waals surface area contributed by atoms with E-state index in [0.29, 0.717) is 31.5 Å². The molecule has 4 amide bonds. The maximum atomic E-state index is 12.6. The summed E-state index contributed by atoms with van der Waals surface area (Å²) >= 11 is 0. The van der Waals surface area contributed by atoms with Crippen molar-refractivity contribution in [3.8, 4) is 0 Å². The van der Waals surface area contributed by atoms with Gasteiger partial charge >= 0.3 is 5.97 Å². The van der Waals surface area contributed by atoms with Crippen molar-refractivity contribution in [2.24, 2.45) is 17.2 Å². The monoisotopic (exact) mass is 484 g/mol. The van der Waals surface area contributed by atoms with Gasteiger partial charge in [0.25, 0.3) is 0 Å². The molecule has 12 N–H and O–H groups in total. The highest BCUT2D eigenvalue weighted by Gasteiger charge is 2.31. The van der Waals surface area contributed by atoms with Crippen LogP contribution in [0.15, 0.2) is 12.5 Å². The zero-order valence-corrected chi connectivity index (χ0v) is 18.5. The predicted molar refractivity (Wildman–Crippen MR) is 117 cm³/mol. The molecule has 1 heterocycles. The van der Waals surface area contributed by atoms with E-state index in [4.69, 9.17) is 17.2 Å². The Balaban J connectivity index is 2.82. The molecular formula is C19H32N8O7. The molecule has 0 aliphatic heterocycles. The molecule has 0 saturated carbocycles. The first-order chi connectivity index (χ1) is 16.1. The van der Waals surface area contributed by atoms with E-state index >= 15 is 0 Å². The molecule has 0 aliphatic rings. The molecule has 0 fully saturated rings. The number of carbonyl (C=O) groups excluding carboxylic acids is 4. The van der Waals surface area contributed by atoms with E-state index < -0.39 is 66.8 Å². The van der Waals surface area contributed by atoms with Gasteiger partial charge in [-0.25, -0.2) is 9.78 Å². The van der Waals surface area contributed by atoms with E-state index in [9.17, 15) is 34.2 Å². The van der Waals surface area contributed by atoms with Gasteiger partial charge in [-0.2, -0.15) is 0 Å². The number of imidazole rings is 1. The van der Waals surface area contributed by atoms with Gasteiger partial charge < -0.3 is 48.3 Å². The van der Waals surface area contributed by atoms with Gasteiger partial charge in [0.15, 0.2) is 0 Å². The third-order valence-electron chi connectivity index (χ3n) is 4.75. The molecule has 1 aromatic heterocycles. The number of aromatic amines is 1. The predicted octanol–water partition coefficient (Wildman–Crippen LogP) is -4.18. The molecule has 0 spiro atoms. The van der Waals surface area contributed by atoms with Crippen LogP contribution in [0.4, 0.5) is 0 Å². The number of hydrogen-bond donors (Lipinski definition) is 9. The van der Waals surface area contributed by atoms with Crippen molar-refractivity contribution in [2.75, 3.05) is 13.2 Å². The van der Waals surface area contributed by atoms with Crippen LogP contribution < -0.4 is 33.2 Å². The molecule has 15 heteroatoms. The van der Waals surface area contributed by atoms with E-state index in [-0.39, 0.29) is 6.42 Å². The van der Waals surface area contributed by atoms with Crippen molar-refractivity contribution in [3.05, 3.63) is 18.2 Å². The average Bonchev–Trinajstić information content (AvgIpc) is 3.29. The number of aromatic nitrogens is 2. The third kappa shape index (κ3) is 9.93. The molecule has 0 aromatic carbocycles. The standard InChI is InChI=1S/C19H32N8O7/c20-4-2-1-3-11(21)16(30)27-14(8-28)18(32)25-12(6-15(22)29)17(31)26-13(19(33)34)5-10-7-23-9-24-10/h7,9,11-14,28H,1-6,8,20-21H2,(H2,22,29)(H,23,24)(H,25,32)(H,26,31)(H,27,30)(H,33,34). The SMILES string of the molecule is NCCCCC(N)C(=O)NC(CO)C(=O)NC(CC(N)=O)C(=O)NC(Cc1cnc[nH]1)C(=O)O. The lowest BCUT2D eigenvalue weighted by Gasteiger charge is -2.23. The number of H-pyrrole nitrogens is 1. The molecular weight excluding hydrogens is 452 g/mol. The second kappa shape index (κ2) is 14.6.